The molecule has 0 unspecified atom stereocenters. The summed E-state index contributed by atoms with van der Waals surface area (Å²) in [5.74, 6) is -1.34. The minimum Gasteiger partial charge on any atom is -0.449 e. The molecule has 248 valence electrons. The highest BCUT2D eigenvalue weighted by Crippen LogP contribution is 2.35. The Labute approximate surface area is 298 Å². The number of hydrogen-bond donors (Lipinski definition) is 0. The van der Waals surface area contributed by atoms with Gasteiger partial charge in [-0.1, -0.05) is 121 Å². The van der Waals surface area contributed by atoms with Crippen molar-refractivity contribution < 1.29 is 28.5 Å². The maximum atomic E-state index is 14.8. The first-order valence-electron chi connectivity index (χ1n) is 16.8. The summed E-state index contributed by atoms with van der Waals surface area (Å²) in [5.41, 5.74) is 0. The maximum Gasteiger partial charge on any atom is 0.271 e. The molecule has 0 radical (unpaired) electrons. The SMILES string of the molecule is O=C1C(Oc2ccc3ccccc3c2)=C(Oc2ccc3ccccc3c2)C(=O)C(Oc2ccc3ccccc3c2)=C1Oc1ccc2ccccc2c1. The Morgan fingerprint density at radius 3 is 0.692 bits per heavy atom. The highest BCUT2D eigenvalue weighted by atomic mass is 16.6. The van der Waals surface area contributed by atoms with Gasteiger partial charge >= 0.3 is 0 Å². The second kappa shape index (κ2) is 12.9. The Balaban J connectivity index is 1.19. The molecule has 0 aromatic heterocycles. The van der Waals surface area contributed by atoms with Crippen LogP contribution >= 0.6 is 0 Å². The quantitative estimate of drug-likeness (QED) is 0.149. The summed E-state index contributed by atoms with van der Waals surface area (Å²) in [6.07, 6.45) is 0. The molecule has 0 spiro atoms. The predicted octanol–water partition coefficient (Wildman–Crippen LogP) is 10.5. The van der Waals surface area contributed by atoms with Crippen LogP contribution < -0.4 is 18.9 Å². The lowest BCUT2D eigenvalue weighted by atomic mass is 10.0. The lowest BCUT2D eigenvalue weighted by molar-refractivity contribution is -0.122. The first-order chi connectivity index (χ1) is 25.6. The minimum atomic E-state index is -0.715. The average Bonchev–Trinajstić information content (AvgIpc) is 3.19. The van der Waals surface area contributed by atoms with Gasteiger partial charge in [0.2, 0.25) is 23.0 Å². The Bertz CT molecular complexity index is 2410. The number of ketones is 2. The zero-order valence-corrected chi connectivity index (χ0v) is 27.6. The van der Waals surface area contributed by atoms with Crippen LogP contribution in [-0.4, -0.2) is 11.6 Å². The van der Waals surface area contributed by atoms with E-state index in [2.05, 4.69) is 0 Å². The lowest BCUT2D eigenvalue weighted by Crippen LogP contribution is -2.33. The summed E-state index contributed by atoms with van der Waals surface area (Å²) in [6, 6.07) is 53.0. The monoisotopic (exact) mass is 676 g/mol. The molecule has 0 aliphatic heterocycles. The molecule has 8 aromatic carbocycles. The van der Waals surface area contributed by atoms with Crippen LogP contribution in [0, 0.1) is 0 Å². The molecule has 52 heavy (non-hydrogen) atoms. The standard InChI is InChI=1S/C46H28O6/c47-41-43(49-37-21-17-29-9-1-5-13-33(29)25-37)44(50-38-22-18-30-10-2-6-14-34(30)26-38)42(48)46(52-40-24-20-32-12-4-8-16-36(32)28-40)45(41)51-39-23-19-31-11-3-7-15-35(31)27-39/h1-28H. The molecule has 9 rings (SSSR count). The van der Waals surface area contributed by atoms with E-state index < -0.39 is 11.6 Å². The van der Waals surface area contributed by atoms with Gasteiger partial charge in [0.1, 0.15) is 23.0 Å². The molecular formula is C46H28O6. The number of benzene rings is 8. The molecule has 1 aliphatic rings. The molecular weight excluding hydrogens is 649 g/mol. The Morgan fingerprint density at radius 2 is 0.462 bits per heavy atom. The summed E-state index contributed by atoms with van der Waals surface area (Å²) in [5, 5.41) is 7.57. The van der Waals surface area contributed by atoms with Gasteiger partial charge in [0.25, 0.3) is 11.6 Å². The van der Waals surface area contributed by atoms with Gasteiger partial charge < -0.3 is 18.9 Å². The zero-order chi connectivity index (χ0) is 35.0. The molecule has 0 heterocycles. The van der Waals surface area contributed by atoms with Crippen LogP contribution in [0.2, 0.25) is 0 Å². The summed E-state index contributed by atoms with van der Waals surface area (Å²) in [7, 11) is 0. The van der Waals surface area contributed by atoms with Gasteiger partial charge in [-0.2, -0.15) is 0 Å². The molecule has 1 aliphatic carbocycles. The molecule has 6 heteroatoms. The smallest absolute Gasteiger partial charge is 0.271 e. The summed E-state index contributed by atoms with van der Waals surface area (Å²) in [6.45, 7) is 0. The van der Waals surface area contributed by atoms with Crippen LogP contribution in [0.1, 0.15) is 0 Å². The van der Waals surface area contributed by atoms with Crippen molar-refractivity contribution in [3.8, 4) is 23.0 Å². The van der Waals surface area contributed by atoms with E-state index in [-0.39, 0.29) is 23.0 Å². The average molecular weight is 677 g/mol. The van der Waals surface area contributed by atoms with E-state index >= 15 is 0 Å². The molecule has 0 fully saturated rings. The summed E-state index contributed by atoms with van der Waals surface area (Å²) in [4.78, 5) is 29.5. The first kappa shape index (κ1) is 30.8. The number of rotatable bonds is 8. The molecule has 0 saturated heterocycles. The van der Waals surface area contributed by atoms with Crippen molar-refractivity contribution in [3.63, 3.8) is 0 Å². The third kappa shape index (κ3) is 5.88. The van der Waals surface area contributed by atoms with E-state index in [1.165, 1.54) is 0 Å². The maximum absolute atomic E-state index is 14.8. The highest BCUT2D eigenvalue weighted by Gasteiger charge is 2.42. The van der Waals surface area contributed by atoms with Crippen molar-refractivity contribution in [2.24, 2.45) is 0 Å². The van der Waals surface area contributed by atoms with E-state index in [4.69, 9.17) is 18.9 Å². The zero-order valence-electron chi connectivity index (χ0n) is 27.6. The Kier molecular flexibility index (Phi) is 7.67. The fourth-order valence-electron chi connectivity index (χ4n) is 6.38. The van der Waals surface area contributed by atoms with Crippen molar-refractivity contribution in [2.45, 2.75) is 0 Å². The third-order valence-corrected chi connectivity index (χ3v) is 9.00. The number of carbonyl (C=O) groups excluding carboxylic acids is 2. The number of fused-ring (bicyclic) bond motifs is 4. The van der Waals surface area contributed by atoms with Crippen LogP contribution in [0.5, 0.6) is 23.0 Å². The lowest BCUT2D eigenvalue weighted by Gasteiger charge is -2.24. The van der Waals surface area contributed by atoms with E-state index in [0.29, 0.717) is 23.0 Å². The fourth-order valence-corrected chi connectivity index (χ4v) is 6.38. The van der Waals surface area contributed by atoms with Crippen molar-refractivity contribution in [3.05, 3.63) is 193 Å². The fraction of sp³-hybridized carbons (Fsp3) is 0. The van der Waals surface area contributed by atoms with Gasteiger partial charge in [0.05, 0.1) is 0 Å². The summed E-state index contributed by atoms with van der Waals surface area (Å²) < 4.78 is 25.3. The van der Waals surface area contributed by atoms with Crippen molar-refractivity contribution in [1.82, 2.24) is 0 Å². The topological polar surface area (TPSA) is 71.1 Å². The third-order valence-electron chi connectivity index (χ3n) is 9.00. The first-order valence-corrected chi connectivity index (χ1v) is 16.8. The molecule has 8 aromatic rings. The Hall–Kier alpha value is -7.18. The van der Waals surface area contributed by atoms with Crippen molar-refractivity contribution in [2.75, 3.05) is 0 Å². The van der Waals surface area contributed by atoms with Crippen LogP contribution in [0.15, 0.2) is 193 Å². The van der Waals surface area contributed by atoms with Crippen LogP contribution in [0.4, 0.5) is 0 Å². The second-order valence-corrected chi connectivity index (χ2v) is 12.4. The van der Waals surface area contributed by atoms with Gasteiger partial charge in [-0.25, -0.2) is 0 Å². The molecule has 0 bridgehead atoms. The van der Waals surface area contributed by atoms with Gasteiger partial charge in [-0.05, 0) is 91.6 Å². The Morgan fingerprint density at radius 1 is 0.250 bits per heavy atom. The molecule has 0 amide bonds. The van der Waals surface area contributed by atoms with Gasteiger partial charge in [0.15, 0.2) is 0 Å². The predicted molar refractivity (Wildman–Crippen MR) is 202 cm³/mol. The van der Waals surface area contributed by atoms with E-state index in [9.17, 15) is 9.59 Å². The number of carbonyl (C=O) groups is 2. The van der Waals surface area contributed by atoms with Crippen LogP contribution in [-0.2, 0) is 9.59 Å². The van der Waals surface area contributed by atoms with E-state index in [1.807, 2.05) is 146 Å². The molecule has 0 atom stereocenters. The summed E-state index contributed by atoms with van der Waals surface area (Å²) >= 11 is 0. The van der Waals surface area contributed by atoms with Crippen LogP contribution in [0.3, 0.4) is 0 Å². The number of ether oxygens (including phenoxy) is 4. The molecule has 0 saturated carbocycles. The molecule has 6 nitrogen and oxygen atoms in total. The van der Waals surface area contributed by atoms with Gasteiger partial charge in [-0.3, -0.25) is 9.59 Å². The normalized spacial score (nSPS) is 13.3. The van der Waals surface area contributed by atoms with Gasteiger partial charge in [-0.15, -0.1) is 0 Å². The number of Topliss-reactive ketones (excluding diaryl/α,β-unsaturated/α-hetero) is 2. The molecule has 0 N–H and O–H groups in total. The highest BCUT2D eigenvalue weighted by molar-refractivity contribution is 6.22. The van der Waals surface area contributed by atoms with E-state index in [1.54, 1.807) is 24.3 Å². The van der Waals surface area contributed by atoms with Crippen LogP contribution in [0.25, 0.3) is 43.1 Å². The van der Waals surface area contributed by atoms with E-state index in [0.717, 1.165) is 43.1 Å². The van der Waals surface area contributed by atoms with Crippen molar-refractivity contribution >= 4 is 54.7 Å². The van der Waals surface area contributed by atoms with Gasteiger partial charge in [0, 0.05) is 0 Å². The minimum absolute atomic E-state index is 0.324. The van der Waals surface area contributed by atoms with Crippen molar-refractivity contribution in [1.29, 1.82) is 0 Å². The largest absolute Gasteiger partial charge is 0.449 e. The second-order valence-electron chi connectivity index (χ2n) is 12.4. The number of hydrogen-bond acceptors (Lipinski definition) is 6.